The highest BCUT2D eigenvalue weighted by atomic mass is 16.5. The van der Waals surface area contributed by atoms with Crippen molar-refractivity contribution < 1.29 is 9.84 Å². The molecule has 4 heteroatoms. The SMILES string of the molecule is C#CC1(OC[C@H](O)CN2CCN(c3ccccc3)CC2)CCCCC1. The third-order valence-electron chi connectivity index (χ3n) is 5.44. The van der Waals surface area contributed by atoms with Crippen LogP contribution < -0.4 is 4.90 Å². The van der Waals surface area contributed by atoms with Crippen molar-refractivity contribution in [2.45, 2.75) is 43.8 Å². The lowest BCUT2D eigenvalue weighted by atomic mass is 9.85. The van der Waals surface area contributed by atoms with Crippen LogP contribution in [0, 0.1) is 12.3 Å². The second kappa shape index (κ2) is 8.71. The first-order valence-electron chi connectivity index (χ1n) is 9.53. The van der Waals surface area contributed by atoms with Crippen molar-refractivity contribution in [3.05, 3.63) is 30.3 Å². The molecule has 1 saturated carbocycles. The maximum Gasteiger partial charge on any atom is 0.128 e. The van der Waals surface area contributed by atoms with E-state index in [1.807, 2.05) is 6.07 Å². The molecule has 136 valence electrons. The Morgan fingerprint density at radius 3 is 2.40 bits per heavy atom. The van der Waals surface area contributed by atoms with Gasteiger partial charge < -0.3 is 14.7 Å². The van der Waals surface area contributed by atoms with Crippen molar-refractivity contribution in [1.29, 1.82) is 0 Å². The molecular weight excluding hydrogens is 312 g/mol. The van der Waals surface area contributed by atoms with Crippen molar-refractivity contribution in [3.63, 3.8) is 0 Å². The molecule has 1 aromatic carbocycles. The van der Waals surface area contributed by atoms with Crippen LogP contribution in [0.2, 0.25) is 0 Å². The first-order valence-corrected chi connectivity index (χ1v) is 9.53. The fourth-order valence-electron chi connectivity index (χ4n) is 3.89. The summed E-state index contributed by atoms with van der Waals surface area (Å²) >= 11 is 0. The van der Waals surface area contributed by atoms with Gasteiger partial charge in [-0.3, -0.25) is 4.90 Å². The quantitative estimate of drug-likeness (QED) is 0.806. The third kappa shape index (κ3) is 4.98. The maximum absolute atomic E-state index is 10.4. The van der Waals surface area contributed by atoms with Gasteiger partial charge in [0.05, 0.1) is 12.7 Å². The number of benzene rings is 1. The Balaban J connectivity index is 1.40. The Kier molecular flexibility index (Phi) is 6.36. The van der Waals surface area contributed by atoms with Gasteiger partial charge in [0.2, 0.25) is 0 Å². The van der Waals surface area contributed by atoms with E-state index in [1.54, 1.807) is 0 Å². The second-order valence-corrected chi connectivity index (χ2v) is 7.29. The normalized spacial score (nSPS) is 22.3. The first kappa shape index (κ1) is 18.3. The molecule has 25 heavy (non-hydrogen) atoms. The molecule has 3 rings (SSSR count). The number of aliphatic hydroxyl groups excluding tert-OH is 1. The summed E-state index contributed by atoms with van der Waals surface area (Å²) in [6.45, 7) is 4.91. The van der Waals surface area contributed by atoms with E-state index in [4.69, 9.17) is 11.2 Å². The number of hydrogen-bond acceptors (Lipinski definition) is 4. The molecule has 0 unspecified atom stereocenters. The Hall–Kier alpha value is -1.54. The average Bonchev–Trinajstić information content (AvgIpc) is 2.68. The fraction of sp³-hybridized carbons (Fsp3) is 0.619. The number of β-amino-alcohol motifs (C(OH)–C–C–N with tert-alkyl or cyclic N) is 1. The summed E-state index contributed by atoms with van der Waals surface area (Å²) in [6.07, 6.45) is 10.6. The molecule has 1 aliphatic carbocycles. The minimum atomic E-state index is -0.476. The summed E-state index contributed by atoms with van der Waals surface area (Å²) in [5.41, 5.74) is 0.838. The van der Waals surface area contributed by atoms with E-state index in [0.717, 1.165) is 51.9 Å². The Bertz CT molecular complexity index is 555. The standard InChI is InChI=1S/C21H30N2O2/c1-2-21(11-7-4-8-12-21)25-18-20(24)17-22-13-15-23(16-14-22)19-9-5-3-6-10-19/h1,3,5-6,9-10,20,24H,4,7-8,11-18H2/t20-/m1/s1. The van der Waals surface area contributed by atoms with E-state index in [0.29, 0.717) is 13.2 Å². The molecule has 1 heterocycles. The molecule has 4 nitrogen and oxygen atoms in total. The Morgan fingerprint density at radius 2 is 1.76 bits per heavy atom. The smallest absolute Gasteiger partial charge is 0.128 e. The predicted molar refractivity (Wildman–Crippen MR) is 102 cm³/mol. The summed E-state index contributed by atoms with van der Waals surface area (Å²) in [4.78, 5) is 4.71. The van der Waals surface area contributed by atoms with Gasteiger partial charge in [0, 0.05) is 38.4 Å². The zero-order valence-electron chi connectivity index (χ0n) is 15.1. The molecule has 0 bridgehead atoms. The minimum absolute atomic E-state index is 0.336. The number of anilines is 1. The number of nitrogens with zero attached hydrogens (tertiary/aromatic N) is 2. The molecule has 0 radical (unpaired) electrons. The van der Waals surface area contributed by atoms with E-state index in [9.17, 15) is 5.11 Å². The Morgan fingerprint density at radius 1 is 1.08 bits per heavy atom. The lowest BCUT2D eigenvalue weighted by Crippen LogP contribution is -2.49. The summed E-state index contributed by atoms with van der Waals surface area (Å²) in [5, 5.41) is 10.4. The number of piperazine rings is 1. The summed E-state index contributed by atoms with van der Waals surface area (Å²) in [6, 6.07) is 10.5. The summed E-state index contributed by atoms with van der Waals surface area (Å²) < 4.78 is 5.99. The number of para-hydroxylation sites is 1. The van der Waals surface area contributed by atoms with Crippen molar-refractivity contribution in [2.75, 3.05) is 44.2 Å². The molecular formula is C21H30N2O2. The zero-order valence-corrected chi connectivity index (χ0v) is 15.1. The van der Waals surface area contributed by atoms with Crippen molar-refractivity contribution in [2.24, 2.45) is 0 Å². The van der Waals surface area contributed by atoms with Crippen molar-refractivity contribution in [3.8, 4) is 12.3 Å². The highest BCUT2D eigenvalue weighted by Crippen LogP contribution is 2.31. The van der Waals surface area contributed by atoms with Crippen LogP contribution in [-0.4, -0.2) is 61.0 Å². The third-order valence-corrected chi connectivity index (χ3v) is 5.44. The van der Waals surface area contributed by atoms with Gasteiger partial charge in [-0.1, -0.05) is 30.5 Å². The van der Waals surface area contributed by atoms with Crippen LogP contribution in [0.3, 0.4) is 0 Å². The molecule has 1 aromatic rings. The van der Waals surface area contributed by atoms with Gasteiger partial charge in [-0.05, 0) is 37.8 Å². The molecule has 1 saturated heterocycles. The summed E-state index contributed by atoms with van der Waals surface area (Å²) in [7, 11) is 0. The van der Waals surface area contributed by atoms with Crippen LogP contribution in [0.25, 0.3) is 0 Å². The highest BCUT2D eigenvalue weighted by Gasteiger charge is 2.31. The van der Waals surface area contributed by atoms with Crippen LogP contribution in [0.15, 0.2) is 30.3 Å². The van der Waals surface area contributed by atoms with Crippen LogP contribution in [0.1, 0.15) is 32.1 Å². The van der Waals surface area contributed by atoms with Crippen LogP contribution in [0.4, 0.5) is 5.69 Å². The molecule has 2 fully saturated rings. The molecule has 1 atom stereocenters. The zero-order chi connectivity index (χ0) is 17.5. The van der Waals surface area contributed by atoms with E-state index in [2.05, 4.69) is 40.0 Å². The number of hydrogen-bond donors (Lipinski definition) is 1. The van der Waals surface area contributed by atoms with Crippen molar-refractivity contribution in [1.82, 2.24) is 4.90 Å². The van der Waals surface area contributed by atoms with Gasteiger partial charge in [-0.15, -0.1) is 6.42 Å². The van der Waals surface area contributed by atoms with Gasteiger partial charge >= 0.3 is 0 Å². The summed E-state index contributed by atoms with van der Waals surface area (Å²) in [5.74, 6) is 2.85. The van der Waals surface area contributed by atoms with Crippen LogP contribution >= 0.6 is 0 Å². The molecule has 1 N–H and O–H groups in total. The van der Waals surface area contributed by atoms with Gasteiger partial charge in [-0.25, -0.2) is 0 Å². The molecule has 1 aliphatic heterocycles. The highest BCUT2D eigenvalue weighted by molar-refractivity contribution is 5.46. The first-order chi connectivity index (χ1) is 12.2. The predicted octanol–water partition coefficient (Wildman–Crippen LogP) is 2.52. The van der Waals surface area contributed by atoms with Crippen LogP contribution in [-0.2, 0) is 4.74 Å². The number of aliphatic hydroxyl groups is 1. The fourth-order valence-corrected chi connectivity index (χ4v) is 3.89. The van der Waals surface area contributed by atoms with Crippen molar-refractivity contribution >= 4 is 5.69 Å². The van der Waals surface area contributed by atoms with Gasteiger partial charge in [-0.2, -0.15) is 0 Å². The molecule has 0 spiro atoms. The van der Waals surface area contributed by atoms with Gasteiger partial charge in [0.1, 0.15) is 5.60 Å². The number of ether oxygens (including phenoxy) is 1. The lowest BCUT2D eigenvalue weighted by molar-refractivity contribution is -0.0698. The van der Waals surface area contributed by atoms with Gasteiger partial charge in [0.25, 0.3) is 0 Å². The monoisotopic (exact) mass is 342 g/mol. The average molecular weight is 342 g/mol. The van der Waals surface area contributed by atoms with E-state index in [1.165, 1.54) is 12.1 Å². The minimum Gasteiger partial charge on any atom is -0.389 e. The Labute approximate surface area is 151 Å². The van der Waals surface area contributed by atoms with Gasteiger partial charge in [0.15, 0.2) is 0 Å². The van der Waals surface area contributed by atoms with Crippen LogP contribution in [0.5, 0.6) is 0 Å². The number of terminal acetylenes is 1. The topological polar surface area (TPSA) is 35.9 Å². The maximum atomic E-state index is 10.4. The molecule has 2 aliphatic rings. The molecule has 0 amide bonds. The van der Waals surface area contributed by atoms with E-state index >= 15 is 0 Å². The molecule has 0 aromatic heterocycles. The number of rotatable bonds is 6. The van der Waals surface area contributed by atoms with E-state index in [-0.39, 0.29) is 0 Å². The largest absolute Gasteiger partial charge is 0.389 e. The second-order valence-electron chi connectivity index (χ2n) is 7.29. The lowest BCUT2D eigenvalue weighted by Gasteiger charge is -2.37. The van der Waals surface area contributed by atoms with E-state index < -0.39 is 11.7 Å².